The number of hydrogen-bond donors (Lipinski definition) is 6. The van der Waals surface area contributed by atoms with Crippen molar-refractivity contribution in [3.05, 3.63) is 266 Å². The van der Waals surface area contributed by atoms with Gasteiger partial charge in [0.2, 0.25) is 0 Å². The summed E-state index contributed by atoms with van der Waals surface area (Å²) in [7, 11) is 0. The summed E-state index contributed by atoms with van der Waals surface area (Å²) in [5, 5.41) is 39.6. The Morgan fingerprint density at radius 1 is 0.578 bits per heavy atom. The van der Waals surface area contributed by atoms with E-state index in [9.17, 15) is 45.9 Å². The molecule has 27 nitrogen and oxygen atoms in total. The number of ketones is 3. The van der Waals surface area contributed by atoms with Gasteiger partial charge in [0.1, 0.15) is 40.7 Å². The average Bonchev–Trinajstić information content (AvgIpc) is 1.70. The van der Waals surface area contributed by atoms with Crippen LogP contribution in [-0.2, 0) is 27.4 Å². The normalized spacial score (nSPS) is 11.2. The van der Waals surface area contributed by atoms with E-state index in [0.717, 1.165) is 45.2 Å². The van der Waals surface area contributed by atoms with Gasteiger partial charge >= 0.3 is 24.8 Å². The molecule has 5 aromatic heterocycles. The fourth-order valence-electron chi connectivity index (χ4n) is 8.75. The summed E-state index contributed by atoms with van der Waals surface area (Å²) in [6, 6.07) is 32.6. The van der Waals surface area contributed by atoms with Crippen molar-refractivity contribution in [2.24, 2.45) is 5.11 Å². The largest absolute Gasteiger partial charge is 1.00 e. The number of aromatic carboxylic acids is 1. The Labute approximate surface area is 647 Å². The third kappa shape index (κ3) is 35.3. The first kappa shape index (κ1) is 102. The number of allylic oxidation sites excluding steroid dienone is 2. The minimum absolute atomic E-state index is 0. The van der Waals surface area contributed by atoms with Gasteiger partial charge in [-0.3, -0.25) is 24.2 Å². The number of nitrogens with one attached hydrogen (secondary N) is 1. The summed E-state index contributed by atoms with van der Waals surface area (Å²) in [4.78, 5) is 61.4. The first-order valence-electron chi connectivity index (χ1n) is 31.6. The zero-order valence-corrected chi connectivity index (χ0v) is 61.4. The molecule has 3 aliphatic heterocycles. The van der Waals surface area contributed by atoms with Crippen LogP contribution >= 0.6 is 12.6 Å². The molecule has 5 aromatic carbocycles. The number of fused-ring (bicyclic) bond motifs is 1. The molecule has 12 N–H and O–H groups in total. The van der Waals surface area contributed by atoms with Crippen molar-refractivity contribution in [1.29, 1.82) is 5.26 Å². The Kier molecular flexibility index (Phi) is 50.8. The molecule has 8 heterocycles. The number of carbonyl (C=O) groups is 5. The van der Waals surface area contributed by atoms with E-state index in [1.54, 1.807) is 75.2 Å². The van der Waals surface area contributed by atoms with Crippen molar-refractivity contribution in [2.75, 3.05) is 44.2 Å². The number of pyridine rings is 1. The zero-order chi connectivity index (χ0) is 76.0. The molecule has 10 aromatic rings. The van der Waals surface area contributed by atoms with Crippen LogP contribution in [0, 0.1) is 61.2 Å². The van der Waals surface area contributed by atoms with Crippen LogP contribution in [0.15, 0.2) is 181 Å². The van der Waals surface area contributed by atoms with E-state index < -0.39 is 11.9 Å². The Hall–Kier alpha value is -11.3. The van der Waals surface area contributed by atoms with Gasteiger partial charge in [-0.2, -0.15) is 33.2 Å². The summed E-state index contributed by atoms with van der Waals surface area (Å²) in [5.41, 5.74) is 28.1. The molecule has 0 atom stereocenters. The van der Waals surface area contributed by atoms with E-state index in [1.807, 2.05) is 12.4 Å². The molecular weight excluding hydrogens is 1430 g/mol. The second-order valence-electron chi connectivity index (χ2n) is 21.7. The molecule has 2 fully saturated rings. The number of carboxylic acid groups (broad SMARTS) is 1. The molecule has 1 amide bonds. The number of nitrogens with two attached hydrogens (primary N) is 2. The SMILES string of the molecule is C.C.C/C=C(/C#N)C(C)=O.C1CCOC1.C1CCOC1.CC(=O)c1cn(-c2ccc(F)cc2)nc1C.CC(=O)c1cn(-c2ccc(F)cc2)nc1N.CS.Cc1nn(-c2ccc(F)cc2)cc1C(=O)N=[N+]=[N-].Cc1nn(-c2ccc(F)cc2)cc1C(=O)O.N.Nc1ccc(F)cc1.O.[Li+].[OH-].c1cc2c(cn1)CNC2. The number of carbonyl (C=O) groups excluding carboxylic acids is 4. The van der Waals surface area contributed by atoms with Crippen molar-refractivity contribution in [1.82, 2.24) is 55.6 Å². The molecule has 0 aliphatic carbocycles. The molecule has 109 heavy (non-hydrogen) atoms. The molecule has 0 radical (unpaired) electrons. The zero-order valence-electron chi connectivity index (χ0n) is 60.5. The van der Waals surface area contributed by atoms with Gasteiger partial charge in [-0.15, -0.1) is 5.10 Å². The number of aromatic nitrogens is 9. The number of benzene rings is 5. The number of thiol groups is 1. The van der Waals surface area contributed by atoms with E-state index in [0.29, 0.717) is 51.0 Å². The molecule has 13 rings (SSSR count). The van der Waals surface area contributed by atoms with Gasteiger partial charge in [-0.05, 0) is 230 Å². The Balaban J connectivity index is -0.00000118. The number of halogens is 5. The maximum atomic E-state index is 12.8. The van der Waals surface area contributed by atoms with Crippen molar-refractivity contribution < 1.29 is 90.3 Å². The van der Waals surface area contributed by atoms with Gasteiger partial charge in [-0.25, -0.2) is 45.5 Å². The Morgan fingerprint density at radius 2 is 0.908 bits per heavy atom. The number of hydrogen-bond acceptors (Lipinski definition) is 19. The smallest absolute Gasteiger partial charge is 0.870 e. The number of nitriles is 1. The first-order valence-corrected chi connectivity index (χ1v) is 32.5. The molecule has 3 aliphatic rings. The molecule has 0 spiro atoms. The van der Waals surface area contributed by atoms with Crippen LogP contribution in [-0.4, -0.2) is 122 Å². The number of nitrogens with zero attached hydrogens (tertiary/aromatic N) is 13. The van der Waals surface area contributed by atoms with Crippen LogP contribution in [0.5, 0.6) is 0 Å². The molecule has 0 bridgehead atoms. The van der Waals surface area contributed by atoms with Gasteiger partial charge < -0.3 is 48.5 Å². The maximum Gasteiger partial charge on any atom is 1.00 e. The van der Waals surface area contributed by atoms with Crippen LogP contribution < -0.4 is 41.8 Å². The second kappa shape index (κ2) is 54.3. The number of ether oxygens (including phenoxy) is 2. The molecule has 34 heteroatoms. The topological polar surface area (TPSA) is 441 Å². The van der Waals surface area contributed by atoms with Crippen LogP contribution in [0.25, 0.3) is 33.2 Å². The molecule has 0 saturated carbocycles. The summed E-state index contributed by atoms with van der Waals surface area (Å²) < 4.78 is 78.7. The van der Waals surface area contributed by atoms with E-state index in [4.69, 9.17) is 36.8 Å². The van der Waals surface area contributed by atoms with E-state index in [-0.39, 0.29) is 120 Å². The number of nitrogen functional groups attached to an aromatic ring is 2. The third-order valence-corrected chi connectivity index (χ3v) is 14.1. The van der Waals surface area contributed by atoms with Crippen LogP contribution in [0.1, 0.15) is 138 Å². The fraction of sp³-hybridized carbons (Fsp3) is 0.267. The summed E-state index contributed by atoms with van der Waals surface area (Å²) in [6.07, 6.45) is 18.1. The summed E-state index contributed by atoms with van der Waals surface area (Å²) >= 11 is 3.53. The Bertz CT molecular complexity index is 4180. The molecule has 0 unspecified atom stereocenters. The predicted octanol–water partition coefficient (Wildman–Crippen LogP) is 11.8. The standard InChI is InChI=1S/C12H11FN2O.C11H8FN5O.C11H10FN3O.C11H9FN2O2.C7H8N2.C6H6FN.C6H7NO.2C4H8O.CH4S.2CH4.Li.H3N.2H2O/c1-8-12(9(2)16)7-15(14-8)11-5-3-10(13)4-6-11;1-7-10(11(18)14-16-13)6-17(15-7)9-4-2-8(12)3-5-9;1-7(16)10-6-15(14-11(10)13)9-4-2-8(12)3-5-9;1-7-10(11(15)16)6-14(13-7)9-4-2-8(12)3-5-9;1-2-8-4-7-5-9-3-6(1)7;7-5-1-3-6(8)4-2-5;1-3-6(4-7)5(2)8;2*1-2-4-5-3-1;1-2;;;;;;/h3-7H,1-2H3;2-6H,1H3;2-6H,1H3,(H2,13,14);2-6H,1H3,(H,15,16);1-2,4,9H,3,5H2;1-4H,8H2;3H,1-2H3;2*1-4H2;2H,1H3;2*1H4;;1H3;2*1H2/q;;;;;;;;;;;;+1;;;/p-1/b;;;;;;6-3-;;;;;;;;;. The van der Waals surface area contributed by atoms with Gasteiger partial charge in [0.15, 0.2) is 23.2 Å². The van der Waals surface area contributed by atoms with E-state index in [1.165, 1.54) is 193 Å². The predicted molar refractivity (Wildman–Crippen MR) is 408 cm³/mol. The average molecular weight is 1530 g/mol. The number of amides is 1. The quantitative estimate of drug-likeness (QED) is 0.00747. The van der Waals surface area contributed by atoms with Crippen LogP contribution in [0.4, 0.5) is 33.5 Å². The third-order valence-electron chi connectivity index (χ3n) is 14.1. The first-order chi connectivity index (χ1) is 49.3. The monoisotopic (exact) mass is 1530 g/mol. The number of aryl methyl sites for hydroxylation is 3. The number of azide groups is 1. The van der Waals surface area contributed by atoms with Gasteiger partial charge in [-0.1, -0.05) is 20.9 Å². The van der Waals surface area contributed by atoms with Crippen molar-refractivity contribution in [2.45, 2.75) is 102 Å². The number of Topliss-reactive ketones (excluding diaryl/α,β-unsaturated/α-hetero) is 3. The Morgan fingerprint density at radius 3 is 1.18 bits per heavy atom. The van der Waals surface area contributed by atoms with Gasteiger partial charge in [0.05, 0.1) is 62.1 Å². The second-order valence-corrected chi connectivity index (χ2v) is 21.7. The summed E-state index contributed by atoms with van der Waals surface area (Å²) in [6.45, 7) is 17.0. The minimum atomic E-state index is -1.02. The van der Waals surface area contributed by atoms with Crippen molar-refractivity contribution in [3.8, 4) is 28.8 Å². The van der Waals surface area contributed by atoms with E-state index >= 15 is 0 Å². The maximum absolute atomic E-state index is 12.8. The van der Waals surface area contributed by atoms with Gasteiger partial charge in [0, 0.05) is 87.3 Å². The molecule has 580 valence electrons. The summed E-state index contributed by atoms with van der Waals surface area (Å²) in [5.74, 6) is -3.44. The van der Waals surface area contributed by atoms with Crippen LogP contribution in [0.3, 0.4) is 0 Å². The molecule has 2 saturated heterocycles. The van der Waals surface area contributed by atoms with E-state index in [2.05, 4.69) is 59.4 Å². The fourth-order valence-corrected chi connectivity index (χ4v) is 8.75. The van der Waals surface area contributed by atoms with Crippen molar-refractivity contribution >= 4 is 53.4 Å². The number of anilines is 2. The minimum Gasteiger partial charge on any atom is -0.870 e. The van der Waals surface area contributed by atoms with Crippen LogP contribution in [0.2, 0.25) is 0 Å². The molecular formula is C75H93F5LiN17O10S. The van der Waals surface area contributed by atoms with Crippen molar-refractivity contribution in [3.63, 3.8) is 0 Å². The number of carboxylic acids is 1. The van der Waals surface area contributed by atoms with Gasteiger partial charge in [0.25, 0.3) is 5.91 Å². The number of rotatable bonds is 9.